The van der Waals surface area contributed by atoms with Crippen LogP contribution in [-0.2, 0) is 9.59 Å². The monoisotopic (exact) mass is 319 g/mol. The minimum Gasteiger partial charge on any atom is -0.484 e. The number of piperidine rings is 1. The molecule has 1 aliphatic rings. The first-order valence-corrected chi connectivity index (χ1v) is 7.95. The molecule has 1 fully saturated rings. The summed E-state index contributed by atoms with van der Waals surface area (Å²) in [6, 6.07) is 9.39. The summed E-state index contributed by atoms with van der Waals surface area (Å²) < 4.78 is 5.35. The Balaban J connectivity index is 1.68. The molecule has 1 aromatic carbocycles. The molecular formula is C17H25N3O3. The number of nitrogens with zero attached hydrogens (tertiary/aromatic N) is 2. The molecule has 126 valence electrons. The second-order valence-corrected chi connectivity index (χ2v) is 5.92. The number of para-hydroxylation sites is 1. The van der Waals surface area contributed by atoms with Crippen molar-refractivity contribution in [3.05, 3.63) is 30.3 Å². The van der Waals surface area contributed by atoms with Gasteiger partial charge >= 0.3 is 0 Å². The van der Waals surface area contributed by atoms with Crippen LogP contribution in [0.15, 0.2) is 30.3 Å². The van der Waals surface area contributed by atoms with Gasteiger partial charge in [0.25, 0.3) is 5.91 Å². The molecule has 0 aromatic heterocycles. The van der Waals surface area contributed by atoms with Crippen LogP contribution in [0, 0.1) is 0 Å². The van der Waals surface area contributed by atoms with E-state index in [0.717, 1.165) is 25.9 Å². The zero-order valence-corrected chi connectivity index (χ0v) is 13.8. The van der Waals surface area contributed by atoms with Gasteiger partial charge < -0.3 is 19.9 Å². The number of amides is 2. The van der Waals surface area contributed by atoms with E-state index in [0.29, 0.717) is 5.75 Å². The average molecular weight is 319 g/mol. The van der Waals surface area contributed by atoms with Crippen molar-refractivity contribution in [3.63, 3.8) is 0 Å². The lowest BCUT2D eigenvalue weighted by Gasteiger charge is -2.35. The number of hydrogen-bond acceptors (Lipinski definition) is 4. The maximum atomic E-state index is 12.2. The number of likely N-dealkylation sites (tertiary alicyclic amines) is 1. The van der Waals surface area contributed by atoms with Gasteiger partial charge in [0, 0.05) is 13.1 Å². The quantitative estimate of drug-likeness (QED) is 0.840. The van der Waals surface area contributed by atoms with E-state index < -0.39 is 0 Å². The molecule has 0 saturated carbocycles. The fourth-order valence-corrected chi connectivity index (χ4v) is 2.60. The Morgan fingerprint density at radius 2 is 1.91 bits per heavy atom. The van der Waals surface area contributed by atoms with Gasteiger partial charge in [-0.2, -0.15) is 0 Å². The lowest BCUT2D eigenvalue weighted by molar-refractivity contribution is -0.134. The molecule has 0 spiro atoms. The number of carbonyl (C=O) groups excluding carboxylic acids is 2. The first kappa shape index (κ1) is 17.3. The van der Waals surface area contributed by atoms with Crippen molar-refractivity contribution >= 4 is 11.8 Å². The number of rotatable bonds is 6. The van der Waals surface area contributed by atoms with E-state index in [1.807, 2.05) is 25.2 Å². The van der Waals surface area contributed by atoms with Crippen molar-refractivity contribution < 1.29 is 14.3 Å². The van der Waals surface area contributed by atoms with Crippen LogP contribution < -0.4 is 10.1 Å². The fourth-order valence-electron chi connectivity index (χ4n) is 2.60. The van der Waals surface area contributed by atoms with E-state index in [1.165, 1.54) is 0 Å². The Bertz CT molecular complexity index is 513. The van der Waals surface area contributed by atoms with Crippen LogP contribution in [0.1, 0.15) is 12.8 Å². The van der Waals surface area contributed by atoms with E-state index in [4.69, 9.17) is 4.74 Å². The highest BCUT2D eigenvalue weighted by molar-refractivity contribution is 5.85. The lowest BCUT2D eigenvalue weighted by atomic mass is 10.0. The summed E-state index contributed by atoms with van der Waals surface area (Å²) in [6.07, 6.45) is 1.95. The third-order valence-electron chi connectivity index (χ3n) is 4.18. The molecule has 2 rings (SSSR count). The Kier molecular flexibility index (Phi) is 6.40. The summed E-state index contributed by atoms with van der Waals surface area (Å²) in [6.45, 7) is 1.92. The molecule has 2 amide bonds. The third kappa shape index (κ3) is 5.56. The zero-order chi connectivity index (χ0) is 16.7. The van der Waals surface area contributed by atoms with E-state index >= 15 is 0 Å². The van der Waals surface area contributed by atoms with Crippen molar-refractivity contribution in [2.45, 2.75) is 18.9 Å². The second kappa shape index (κ2) is 8.53. The van der Waals surface area contributed by atoms with Gasteiger partial charge in [-0.15, -0.1) is 0 Å². The summed E-state index contributed by atoms with van der Waals surface area (Å²) in [4.78, 5) is 27.9. The van der Waals surface area contributed by atoms with E-state index in [2.05, 4.69) is 17.3 Å². The van der Waals surface area contributed by atoms with Gasteiger partial charge in [0.1, 0.15) is 5.75 Å². The summed E-state index contributed by atoms with van der Waals surface area (Å²) >= 11 is 0. The Morgan fingerprint density at radius 3 is 2.57 bits per heavy atom. The Labute approximate surface area is 137 Å². The van der Waals surface area contributed by atoms with Crippen LogP contribution in [0.5, 0.6) is 5.75 Å². The van der Waals surface area contributed by atoms with Gasteiger partial charge in [-0.3, -0.25) is 9.59 Å². The smallest absolute Gasteiger partial charge is 0.258 e. The molecule has 0 radical (unpaired) electrons. The number of benzene rings is 1. The molecule has 1 aromatic rings. The average Bonchev–Trinajstić information content (AvgIpc) is 2.58. The topological polar surface area (TPSA) is 61.9 Å². The number of ether oxygens (including phenoxy) is 1. The first-order chi connectivity index (χ1) is 11.1. The van der Waals surface area contributed by atoms with E-state index in [-0.39, 0.29) is 31.0 Å². The largest absolute Gasteiger partial charge is 0.484 e. The van der Waals surface area contributed by atoms with Gasteiger partial charge in [-0.25, -0.2) is 0 Å². The highest BCUT2D eigenvalue weighted by Gasteiger charge is 2.23. The molecular weight excluding hydrogens is 294 g/mol. The Hall–Kier alpha value is -2.08. The molecule has 1 heterocycles. The summed E-state index contributed by atoms with van der Waals surface area (Å²) in [5.74, 6) is 0.281. The Morgan fingerprint density at radius 1 is 1.26 bits per heavy atom. The van der Waals surface area contributed by atoms with Gasteiger partial charge in [0.05, 0.1) is 6.54 Å². The van der Waals surface area contributed by atoms with Gasteiger partial charge in [0.15, 0.2) is 6.61 Å². The second-order valence-electron chi connectivity index (χ2n) is 5.92. The van der Waals surface area contributed by atoms with Gasteiger partial charge in [0.2, 0.25) is 5.91 Å². The number of hydrogen-bond donors (Lipinski definition) is 1. The maximum Gasteiger partial charge on any atom is 0.258 e. The summed E-state index contributed by atoms with van der Waals surface area (Å²) in [5, 5.41) is 2.62. The zero-order valence-electron chi connectivity index (χ0n) is 13.8. The SMILES string of the molecule is CN1CCC(N(C)C(=O)CNC(=O)COc2ccccc2)CC1. The van der Waals surface area contributed by atoms with Crippen molar-refractivity contribution in [3.8, 4) is 5.75 Å². The molecule has 1 aliphatic heterocycles. The van der Waals surface area contributed by atoms with E-state index in [1.54, 1.807) is 17.0 Å². The maximum absolute atomic E-state index is 12.2. The van der Waals surface area contributed by atoms with E-state index in [9.17, 15) is 9.59 Å². The van der Waals surface area contributed by atoms with Crippen LogP contribution >= 0.6 is 0 Å². The molecule has 6 heteroatoms. The highest BCUT2D eigenvalue weighted by Crippen LogP contribution is 2.14. The van der Waals surface area contributed by atoms with Crippen LogP contribution in [0.3, 0.4) is 0 Å². The predicted octanol–water partition coefficient (Wildman–Crippen LogP) is 0.734. The van der Waals surface area contributed by atoms with Crippen molar-refractivity contribution in [1.29, 1.82) is 0 Å². The van der Waals surface area contributed by atoms with Crippen molar-refractivity contribution in [2.75, 3.05) is 40.3 Å². The lowest BCUT2D eigenvalue weighted by Crippen LogP contribution is -2.48. The molecule has 23 heavy (non-hydrogen) atoms. The number of nitrogens with one attached hydrogen (secondary N) is 1. The summed E-state index contributed by atoms with van der Waals surface area (Å²) in [5.41, 5.74) is 0. The molecule has 1 saturated heterocycles. The number of likely N-dealkylation sites (N-methyl/N-ethyl adjacent to an activating group) is 1. The first-order valence-electron chi connectivity index (χ1n) is 7.95. The van der Waals surface area contributed by atoms with Crippen LogP contribution in [-0.4, -0.2) is 68.0 Å². The van der Waals surface area contributed by atoms with Crippen LogP contribution in [0.25, 0.3) is 0 Å². The molecule has 0 atom stereocenters. The molecule has 0 unspecified atom stereocenters. The van der Waals surface area contributed by atoms with Crippen molar-refractivity contribution in [2.24, 2.45) is 0 Å². The molecule has 1 N–H and O–H groups in total. The van der Waals surface area contributed by atoms with Crippen LogP contribution in [0.2, 0.25) is 0 Å². The minimum atomic E-state index is -0.293. The van der Waals surface area contributed by atoms with Gasteiger partial charge in [-0.1, -0.05) is 18.2 Å². The number of carbonyl (C=O) groups is 2. The predicted molar refractivity (Wildman–Crippen MR) is 88.2 cm³/mol. The van der Waals surface area contributed by atoms with Gasteiger partial charge in [-0.05, 0) is 45.1 Å². The molecule has 0 aliphatic carbocycles. The summed E-state index contributed by atoms with van der Waals surface area (Å²) in [7, 11) is 3.90. The highest BCUT2D eigenvalue weighted by atomic mass is 16.5. The van der Waals surface area contributed by atoms with Crippen molar-refractivity contribution in [1.82, 2.24) is 15.1 Å². The standard InChI is InChI=1S/C17H25N3O3/c1-19-10-8-14(9-11-19)20(2)17(22)12-18-16(21)13-23-15-6-4-3-5-7-15/h3-7,14H,8-13H2,1-2H3,(H,18,21). The normalized spacial score (nSPS) is 15.9. The molecule has 6 nitrogen and oxygen atoms in total. The molecule has 0 bridgehead atoms. The fraction of sp³-hybridized carbons (Fsp3) is 0.529. The minimum absolute atomic E-state index is 0.0137. The van der Waals surface area contributed by atoms with Crippen LogP contribution in [0.4, 0.5) is 0 Å². The third-order valence-corrected chi connectivity index (χ3v) is 4.18.